The number of rotatable bonds is 8. The molecule has 0 aromatic rings. The first kappa shape index (κ1) is 12.4. The van der Waals surface area contributed by atoms with Gasteiger partial charge in [-0.2, -0.15) is 0 Å². The number of nitrogens with one attached hydrogen (secondary N) is 1. The third-order valence-corrected chi connectivity index (χ3v) is 1.94. The highest BCUT2D eigenvalue weighted by molar-refractivity contribution is 5.66. The Morgan fingerprint density at radius 1 is 1.46 bits per heavy atom. The molecule has 0 aliphatic carbocycles. The Morgan fingerprint density at radius 2 is 2.15 bits per heavy atom. The molecule has 0 aliphatic heterocycles. The van der Waals surface area contributed by atoms with E-state index in [1.165, 1.54) is 0 Å². The summed E-state index contributed by atoms with van der Waals surface area (Å²) in [5.74, 6) is -0.355. The van der Waals surface area contributed by atoms with Crippen molar-refractivity contribution in [1.82, 2.24) is 5.32 Å². The quantitative estimate of drug-likeness (QED) is 0.571. The summed E-state index contributed by atoms with van der Waals surface area (Å²) in [6.45, 7) is 2.83. The maximum absolute atomic E-state index is 11.6. The predicted octanol–water partition coefficient (Wildman–Crippen LogP) is 1.44. The normalized spacial score (nSPS) is 12.8. The topological polar surface area (TPSA) is 49.3 Å². The molecule has 0 saturated carbocycles. The highest BCUT2D eigenvalue weighted by Crippen LogP contribution is 2.08. The Balaban J connectivity index is 3.19. The van der Waals surface area contributed by atoms with Crippen molar-refractivity contribution in [2.24, 2.45) is 5.92 Å². The molecule has 1 atom stereocenters. The number of alkyl halides is 1. The molecule has 0 amide bonds. The maximum atomic E-state index is 11.6. The number of hydrogen-bond donors (Lipinski definition) is 2. The fourth-order valence-electron chi connectivity index (χ4n) is 1.05. The summed E-state index contributed by atoms with van der Waals surface area (Å²) < 4.78 is 11.6. The van der Waals surface area contributed by atoms with Gasteiger partial charge in [-0.15, -0.1) is 0 Å². The third kappa shape index (κ3) is 9.27. The van der Waals surface area contributed by atoms with Crippen molar-refractivity contribution in [3.05, 3.63) is 0 Å². The minimum atomic E-state index is -0.747. The number of carboxylic acids is 1. The molecular formula is C9H18FNO2. The van der Waals surface area contributed by atoms with E-state index in [-0.39, 0.29) is 13.1 Å². The lowest BCUT2D eigenvalue weighted by Gasteiger charge is -2.09. The lowest BCUT2D eigenvalue weighted by molar-refractivity contribution is -0.137. The molecule has 0 saturated heterocycles. The first-order chi connectivity index (χ1) is 6.16. The highest BCUT2D eigenvalue weighted by Gasteiger charge is 2.04. The molecule has 0 aromatic carbocycles. The monoisotopic (exact) mass is 191 g/mol. The van der Waals surface area contributed by atoms with Crippen molar-refractivity contribution in [3.8, 4) is 0 Å². The van der Waals surface area contributed by atoms with Crippen LogP contribution in [-0.4, -0.2) is 30.8 Å². The van der Waals surface area contributed by atoms with Crippen molar-refractivity contribution in [3.63, 3.8) is 0 Å². The second kappa shape index (κ2) is 7.98. The van der Waals surface area contributed by atoms with E-state index in [1.807, 2.05) is 6.92 Å². The number of halogens is 1. The van der Waals surface area contributed by atoms with Crippen molar-refractivity contribution in [2.45, 2.75) is 26.2 Å². The van der Waals surface area contributed by atoms with Gasteiger partial charge in [-0.25, -0.2) is 4.39 Å². The maximum Gasteiger partial charge on any atom is 0.303 e. The smallest absolute Gasteiger partial charge is 0.303 e. The van der Waals surface area contributed by atoms with Crippen LogP contribution in [0.25, 0.3) is 0 Å². The van der Waals surface area contributed by atoms with Gasteiger partial charge in [0.1, 0.15) is 6.67 Å². The van der Waals surface area contributed by atoms with Gasteiger partial charge in [0.15, 0.2) is 0 Å². The Kier molecular flexibility index (Phi) is 7.59. The summed E-state index contributed by atoms with van der Waals surface area (Å²) in [7, 11) is 0. The Bertz CT molecular complexity index is 142. The number of hydrogen-bond acceptors (Lipinski definition) is 2. The fraction of sp³-hybridized carbons (Fsp3) is 0.889. The summed E-state index contributed by atoms with van der Waals surface area (Å²) in [5.41, 5.74) is 0. The van der Waals surface area contributed by atoms with Crippen LogP contribution in [0.5, 0.6) is 0 Å². The number of carbonyl (C=O) groups is 1. The van der Waals surface area contributed by atoms with Crippen LogP contribution in [0.1, 0.15) is 26.2 Å². The molecule has 0 aliphatic rings. The van der Waals surface area contributed by atoms with Gasteiger partial charge < -0.3 is 10.4 Å². The Labute approximate surface area is 78.3 Å². The molecule has 0 radical (unpaired) electrons. The molecule has 78 valence electrons. The molecule has 0 fully saturated rings. The average molecular weight is 191 g/mol. The standard InChI is InChI=1S/C9H18FNO2/c1-8(2-3-9(12)13)4-6-11-7-5-10/h8,11H,2-7H2,1H3,(H,12,13). The van der Waals surface area contributed by atoms with Gasteiger partial charge in [-0.05, 0) is 25.3 Å². The lowest BCUT2D eigenvalue weighted by Crippen LogP contribution is -2.20. The van der Waals surface area contributed by atoms with E-state index < -0.39 is 5.97 Å². The van der Waals surface area contributed by atoms with Crippen LogP contribution >= 0.6 is 0 Å². The molecule has 0 aromatic heterocycles. The van der Waals surface area contributed by atoms with Crippen LogP contribution in [0, 0.1) is 5.92 Å². The van der Waals surface area contributed by atoms with Crippen LogP contribution in [-0.2, 0) is 4.79 Å². The van der Waals surface area contributed by atoms with Crippen LogP contribution in [0.15, 0.2) is 0 Å². The predicted molar refractivity (Wildman–Crippen MR) is 49.5 cm³/mol. The second-order valence-electron chi connectivity index (χ2n) is 3.27. The van der Waals surface area contributed by atoms with E-state index in [0.717, 1.165) is 13.0 Å². The van der Waals surface area contributed by atoms with Gasteiger partial charge in [-0.3, -0.25) is 4.79 Å². The van der Waals surface area contributed by atoms with Crippen molar-refractivity contribution < 1.29 is 14.3 Å². The van der Waals surface area contributed by atoms with Crippen molar-refractivity contribution >= 4 is 5.97 Å². The van der Waals surface area contributed by atoms with E-state index in [1.54, 1.807) is 0 Å². The van der Waals surface area contributed by atoms with E-state index in [0.29, 0.717) is 18.9 Å². The largest absolute Gasteiger partial charge is 0.481 e. The molecule has 2 N–H and O–H groups in total. The Hall–Kier alpha value is -0.640. The Morgan fingerprint density at radius 3 is 2.69 bits per heavy atom. The van der Waals surface area contributed by atoms with E-state index >= 15 is 0 Å². The van der Waals surface area contributed by atoms with Gasteiger partial charge in [0, 0.05) is 13.0 Å². The molecule has 0 bridgehead atoms. The molecule has 13 heavy (non-hydrogen) atoms. The van der Waals surface area contributed by atoms with Gasteiger partial charge in [-0.1, -0.05) is 6.92 Å². The first-order valence-electron chi connectivity index (χ1n) is 4.65. The summed E-state index contributed by atoms with van der Waals surface area (Å²) >= 11 is 0. The summed E-state index contributed by atoms with van der Waals surface area (Å²) in [5, 5.41) is 11.3. The van der Waals surface area contributed by atoms with Gasteiger partial charge in [0.25, 0.3) is 0 Å². The molecule has 0 spiro atoms. The van der Waals surface area contributed by atoms with Gasteiger partial charge in [0.05, 0.1) is 0 Å². The zero-order valence-corrected chi connectivity index (χ0v) is 8.05. The SMILES string of the molecule is CC(CCNCCF)CCC(=O)O. The lowest BCUT2D eigenvalue weighted by atomic mass is 10.0. The zero-order chi connectivity index (χ0) is 10.1. The molecule has 3 nitrogen and oxygen atoms in total. The zero-order valence-electron chi connectivity index (χ0n) is 8.05. The second-order valence-corrected chi connectivity index (χ2v) is 3.27. The molecule has 0 heterocycles. The van der Waals surface area contributed by atoms with Crippen LogP contribution in [0.3, 0.4) is 0 Å². The van der Waals surface area contributed by atoms with Crippen LogP contribution < -0.4 is 5.32 Å². The molecule has 1 unspecified atom stereocenters. The minimum absolute atomic E-state index is 0.226. The van der Waals surface area contributed by atoms with Gasteiger partial charge >= 0.3 is 5.97 Å². The average Bonchev–Trinajstić information content (AvgIpc) is 2.09. The van der Waals surface area contributed by atoms with Crippen molar-refractivity contribution in [2.75, 3.05) is 19.8 Å². The molecule has 0 rings (SSSR count). The van der Waals surface area contributed by atoms with Gasteiger partial charge in [0.2, 0.25) is 0 Å². The summed E-state index contributed by atoms with van der Waals surface area (Å²) in [6.07, 6.45) is 1.84. The number of aliphatic carboxylic acids is 1. The van der Waals surface area contributed by atoms with Crippen LogP contribution in [0.2, 0.25) is 0 Å². The summed E-state index contributed by atoms with van der Waals surface area (Å²) in [4.78, 5) is 10.2. The van der Waals surface area contributed by atoms with Crippen LogP contribution in [0.4, 0.5) is 4.39 Å². The van der Waals surface area contributed by atoms with E-state index in [4.69, 9.17) is 5.11 Å². The van der Waals surface area contributed by atoms with Crippen molar-refractivity contribution in [1.29, 1.82) is 0 Å². The summed E-state index contributed by atoms with van der Waals surface area (Å²) in [6, 6.07) is 0. The molecule has 4 heteroatoms. The fourth-order valence-corrected chi connectivity index (χ4v) is 1.05. The molecular weight excluding hydrogens is 173 g/mol. The van der Waals surface area contributed by atoms with E-state index in [2.05, 4.69) is 5.32 Å². The highest BCUT2D eigenvalue weighted by atomic mass is 19.1. The van der Waals surface area contributed by atoms with E-state index in [9.17, 15) is 9.18 Å². The first-order valence-corrected chi connectivity index (χ1v) is 4.65. The third-order valence-electron chi connectivity index (χ3n) is 1.94. The minimum Gasteiger partial charge on any atom is -0.481 e. The number of carboxylic acid groups (broad SMARTS) is 1.